The van der Waals surface area contributed by atoms with Gasteiger partial charge in [0, 0.05) is 38.0 Å². The summed E-state index contributed by atoms with van der Waals surface area (Å²) in [6, 6.07) is 1.88. The van der Waals surface area contributed by atoms with Gasteiger partial charge in [-0.3, -0.25) is 4.68 Å². The predicted octanol–water partition coefficient (Wildman–Crippen LogP) is 2.33. The summed E-state index contributed by atoms with van der Waals surface area (Å²) in [6.07, 6.45) is 3.70. The SMILES string of the molecule is Cc1nn(C)cc1-c1ccnc(N(C)Cc2nc(C(C)C)no2)n1. The molecule has 8 nitrogen and oxygen atoms in total. The molecule has 0 saturated carbocycles. The average Bonchev–Trinajstić information content (AvgIpc) is 3.14. The molecule has 0 aliphatic heterocycles. The fourth-order valence-corrected chi connectivity index (χ4v) is 2.37. The van der Waals surface area contributed by atoms with Crippen LogP contribution in [0.2, 0.25) is 0 Å². The van der Waals surface area contributed by atoms with Gasteiger partial charge >= 0.3 is 0 Å². The van der Waals surface area contributed by atoms with Crippen molar-refractivity contribution < 1.29 is 4.52 Å². The van der Waals surface area contributed by atoms with Crippen LogP contribution in [0, 0.1) is 6.92 Å². The molecule has 0 atom stereocenters. The first-order chi connectivity index (χ1) is 11.4. The summed E-state index contributed by atoms with van der Waals surface area (Å²) in [5, 5.41) is 8.34. The van der Waals surface area contributed by atoms with E-state index in [0.717, 1.165) is 17.0 Å². The Morgan fingerprint density at radius 2 is 2.08 bits per heavy atom. The summed E-state index contributed by atoms with van der Waals surface area (Å²) in [7, 11) is 3.79. The van der Waals surface area contributed by atoms with Gasteiger partial charge in [0.15, 0.2) is 5.82 Å². The summed E-state index contributed by atoms with van der Waals surface area (Å²) < 4.78 is 7.06. The van der Waals surface area contributed by atoms with Crippen LogP contribution in [0.3, 0.4) is 0 Å². The fourth-order valence-electron chi connectivity index (χ4n) is 2.37. The number of hydrogen-bond acceptors (Lipinski definition) is 7. The number of aryl methyl sites for hydroxylation is 2. The Hall–Kier alpha value is -2.77. The van der Waals surface area contributed by atoms with E-state index >= 15 is 0 Å². The Balaban J connectivity index is 1.81. The van der Waals surface area contributed by atoms with Crippen molar-refractivity contribution in [2.45, 2.75) is 33.2 Å². The van der Waals surface area contributed by atoms with Crippen LogP contribution in [0.5, 0.6) is 0 Å². The minimum absolute atomic E-state index is 0.237. The summed E-state index contributed by atoms with van der Waals surface area (Å²) in [5.41, 5.74) is 2.77. The van der Waals surface area contributed by atoms with Crippen molar-refractivity contribution in [3.8, 4) is 11.3 Å². The third-order valence-corrected chi connectivity index (χ3v) is 3.65. The van der Waals surface area contributed by atoms with Crippen molar-refractivity contribution in [1.82, 2.24) is 29.9 Å². The molecule has 0 unspecified atom stereocenters. The van der Waals surface area contributed by atoms with Crippen LogP contribution >= 0.6 is 0 Å². The van der Waals surface area contributed by atoms with Crippen LogP contribution in [0.1, 0.15) is 37.2 Å². The molecular weight excluding hydrogens is 306 g/mol. The van der Waals surface area contributed by atoms with E-state index in [2.05, 4.69) is 25.2 Å². The van der Waals surface area contributed by atoms with Gasteiger partial charge in [-0.05, 0) is 13.0 Å². The number of anilines is 1. The smallest absolute Gasteiger partial charge is 0.246 e. The Kier molecular flexibility index (Phi) is 4.28. The monoisotopic (exact) mass is 327 g/mol. The molecule has 0 N–H and O–H groups in total. The summed E-state index contributed by atoms with van der Waals surface area (Å²) in [5.74, 6) is 2.09. The lowest BCUT2D eigenvalue weighted by molar-refractivity contribution is 0.370. The largest absolute Gasteiger partial charge is 0.337 e. The van der Waals surface area contributed by atoms with Crippen LogP contribution in [-0.2, 0) is 13.6 Å². The third kappa shape index (κ3) is 3.27. The Labute approximate surface area is 140 Å². The van der Waals surface area contributed by atoms with Crippen LogP contribution in [0.25, 0.3) is 11.3 Å². The van der Waals surface area contributed by atoms with Crippen LogP contribution in [-0.4, -0.2) is 36.9 Å². The van der Waals surface area contributed by atoms with Crippen LogP contribution in [0.4, 0.5) is 5.95 Å². The second kappa shape index (κ2) is 6.38. The highest BCUT2D eigenvalue weighted by Crippen LogP contribution is 2.22. The van der Waals surface area contributed by atoms with E-state index in [1.165, 1.54) is 0 Å². The molecule has 0 aliphatic rings. The molecule has 8 heteroatoms. The van der Waals surface area contributed by atoms with Crippen molar-refractivity contribution in [2.24, 2.45) is 7.05 Å². The van der Waals surface area contributed by atoms with Crippen molar-refractivity contribution in [2.75, 3.05) is 11.9 Å². The van der Waals surface area contributed by atoms with Crippen molar-refractivity contribution in [1.29, 1.82) is 0 Å². The normalized spacial score (nSPS) is 11.2. The molecule has 0 aliphatic carbocycles. The molecule has 0 radical (unpaired) electrons. The van der Waals surface area contributed by atoms with E-state index in [0.29, 0.717) is 24.2 Å². The van der Waals surface area contributed by atoms with Crippen molar-refractivity contribution in [3.63, 3.8) is 0 Å². The van der Waals surface area contributed by atoms with Gasteiger partial charge < -0.3 is 9.42 Å². The maximum atomic E-state index is 5.28. The lowest BCUT2D eigenvalue weighted by Gasteiger charge is -2.14. The first kappa shape index (κ1) is 16.1. The van der Waals surface area contributed by atoms with Gasteiger partial charge in [0.2, 0.25) is 11.8 Å². The molecule has 0 spiro atoms. The van der Waals surface area contributed by atoms with Gasteiger partial charge in [-0.1, -0.05) is 19.0 Å². The van der Waals surface area contributed by atoms with E-state index in [9.17, 15) is 0 Å². The van der Waals surface area contributed by atoms with Gasteiger partial charge in [0.1, 0.15) is 0 Å². The molecule has 24 heavy (non-hydrogen) atoms. The van der Waals surface area contributed by atoms with Gasteiger partial charge in [0.25, 0.3) is 0 Å². The van der Waals surface area contributed by atoms with E-state index < -0.39 is 0 Å². The Bertz CT molecular complexity index is 837. The van der Waals surface area contributed by atoms with Gasteiger partial charge in [-0.2, -0.15) is 10.1 Å². The zero-order valence-electron chi connectivity index (χ0n) is 14.6. The molecule has 0 aromatic carbocycles. The van der Waals surface area contributed by atoms with Crippen molar-refractivity contribution >= 4 is 5.95 Å². The topological polar surface area (TPSA) is 85.8 Å². The minimum atomic E-state index is 0.237. The second-order valence-corrected chi connectivity index (χ2v) is 6.10. The van der Waals surface area contributed by atoms with Gasteiger partial charge in [-0.15, -0.1) is 0 Å². The highest BCUT2D eigenvalue weighted by molar-refractivity contribution is 5.61. The molecule has 0 fully saturated rings. The van der Waals surface area contributed by atoms with E-state index in [4.69, 9.17) is 4.52 Å². The quantitative estimate of drug-likeness (QED) is 0.711. The predicted molar refractivity (Wildman–Crippen MR) is 89.5 cm³/mol. The Morgan fingerprint density at radius 1 is 1.29 bits per heavy atom. The third-order valence-electron chi connectivity index (χ3n) is 3.65. The summed E-state index contributed by atoms with van der Waals surface area (Å²) in [6.45, 7) is 6.48. The molecule has 126 valence electrons. The number of rotatable bonds is 5. The maximum absolute atomic E-state index is 5.28. The van der Waals surface area contributed by atoms with Crippen LogP contribution < -0.4 is 4.90 Å². The molecule has 3 rings (SSSR count). The average molecular weight is 327 g/mol. The number of hydrogen-bond donors (Lipinski definition) is 0. The fraction of sp³-hybridized carbons (Fsp3) is 0.438. The Morgan fingerprint density at radius 3 is 2.71 bits per heavy atom. The first-order valence-corrected chi connectivity index (χ1v) is 7.81. The highest BCUT2D eigenvalue weighted by atomic mass is 16.5. The molecule has 3 aromatic rings. The molecule has 0 saturated heterocycles. The molecular formula is C16H21N7O. The molecule has 3 aromatic heterocycles. The zero-order valence-corrected chi connectivity index (χ0v) is 14.6. The maximum Gasteiger partial charge on any atom is 0.246 e. The number of nitrogens with zero attached hydrogens (tertiary/aromatic N) is 7. The van der Waals surface area contributed by atoms with E-state index in [1.807, 2.05) is 52.0 Å². The second-order valence-electron chi connectivity index (χ2n) is 6.10. The minimum Gasteiger partial charge on any atom is -0.337 e. The lowest BCUT2D eigenvalue weighted by Crippen LogP contribution is -2.19. The van der Waals surface area contributed by atoms with Crippen molar-refractivity contribution in [3.05, 3.63) is 35.9 Å². The lowest BCUT2D eigenvalue weighted by atomic mass is 10.2. The summed E-state index contributed by atoms with van der Waals surface area (Å²) >= 11 is 0. The first-order valence-electron chi connectivity index (χ1n) is 7.81. The zero-order chi connectivity index (χ0) is 17.3. The number of aromatic nitrogens is 6. The van der Waals surface area contributed by atoms with Gasteiger partial charge in [0.05, 0.1) is 17.9 Å². The molecule has 3 heterocycles. The van der Waals surface area contributed by atoms with E-state index in [1.54, 1.807) is 10.9 Å². The molecule has 0 bridgehead atoms. The van der Waals surface area contributed by atoms with E-state index in [-0.39, 0.29) is 5.92 Å². The van der Waals surface area contributed by atoms with Gasteiger partial charge in [-0.25, -0.2) is 9.97 Å². The standard InChI is InChI=1S/C16H21N7O/c1-10(2)15-19-14(24-21-15)9-22(4)16-17-7-6-13(18-16)12-8-23(5)20-11(12)3/h6-8,10H,9H2,1-5H3. The van der Waals surface area contributed by atoms with Crippen LogP contribution in [0.15, 0.2) is 23.0 Å². The summed E-state index contributed by atoms with van der Waals surface area (Å²) in [4.78, 5) is 15.2. The highest BCUT2D eigenvalue weighted by Gasteiger charge is 2.15. The molecule has 0 amide bonds.